The number of unbranched alkanes of at least 4 members (excludes halogenated alkanes) is 2. The van der Waals surface area contributed by atoms with Crippen molar-refractivity contribution in [2.75, 3.05) is 11.9 Å². The van der Waals surface area contributed by atoms with Crippen LogP contribution in [0.5, 0.6) is 0 Å². The van der Waals surface area contributed by atoms with Gasteiger partial charge in [-0.25, -0.2) is 4.79 Å². The molecule has 0 fully saturated rings. The predicted molar refractivity (Wildman–Crippen MR) is 128 cm³/mol. The molecule has 1 amide bonds. The standard InChI is InChI=1S/C26H34N2O4/c1-3-5-6-11-23(29)18-27-22-10-7-9-21(17-22)20-14-12-19(13-15-20)16-24(26(31)32)28-25(30)8-4-2/h7,9-10,12-15,17,24,27H,3-6,8,11,16,18H2,1-2H3,(H,28,30)(H,31,32). The predicted octanol–water partition coefficient (Wildman–Crippen LogP) is 4.83. The SMILES string of the molecule is CCCCCC(=O)CNc1cccc(-c2ccc(CC(NC(=O)CCC)C(=O)O)cc2)c1. The molecule has 0 heterocycles. The van der Waals surface area contributed by atoms with Crippen molar-refractivity contribution in [1.29, 1.82) is 0 Å². The molecule has 6 heteroatoms. The van der Waals surface area contributed by atoms with Gasteiger partial charge in [-0.15, -0.1) is 0 Å². The van der Waals surface area contributed by atoms with Crippen LogP contribution < -0.4 is 10.6 Å². The fraction of sp³-hybridized carbons (Fsp3) is 0.423. The van der Waals surface area contributed by atoms with Gasteiger partial charge in [0, 0.05) is 24.9 Å². The number of carboxylic acids is 1. The number of hydrogen-bond donors (Lipinski definition) is 3. The minimum absolute atomic E-state index is 0.215. The topological polar surface area (TPSA) is 95.5 Å². The molecular formula is C26H34N2O4. The normalized spacial score (nSPS) is 11.6. The summed E-state index contributed by atoms with van der Waals surface area (Å²) in [6.45, 7) is 4.33. The molecule has 1 unspecified atom stereocenters. The Morgan fingerprint density at radius 1 is 0.906 bits per heavy atom. The zero-order valence-electron chi connectivity index (χ0n) is 19.0. The number of rotatable bonds is 14. The highest BCUT2D eigenvalue weighted by Gasteiger charge is 2.20. The van der Waals surface area contributed by atoms with Gasteiger partial charge in [0.05, 0.1) is 6.54 Å². The maximum atomic E-state index is 12.0. The molecule has 0 aliphatic heterocycles. The van der Waals surface area contributed by atoms with Crippen LogP contribution in [0, 0.1) is 0 Å². The summed E-state index contributed by atoms with van der Waals surface area (Å²) in [6.07, 6.45) is 4.95. The molecule has 2 aromatic rings. The molecule has 0 aliphatic carbocycles. The van der Waals surface area contributed by atoms with Crippen molar-refractivity contribution >= 4 is 23.3 Å². The second kappa shape index (κ2) is 13.3. The van der Waals surface area contributed by atoms with Crippen molar-refractivity contribution in [2.24, 2.45) is 0 Å². The molecule has 6 nitrogen and oxygen atoms in total. The van der Waals surface area contributed by atoms with E-state index >= 15 is 0 Å². The van der Waals surface area contributed by atoms with Crippen molar-refractivity contribution in [3.63, 3.8) is 0 Å². The fourth-order valence-electron chi connectivity index (χ4n) is 3.43. The Hall–Kier alpha value is -3.15. The van der Waals surface area contributed by atoms with Crippen LogP contribution in [-0.4, -0.2) is 35.4 Å². The molecule has 2 rings (SSSR count). The van der Waals surface area contributed by atoms with Crippen LogP contribution >= 0.6 is 0 Å². The van der Waals surface area contributed by atoms with E-state index in [1.807, 2.05) is 55.5 Å². The molecule has 0 saturated heterocycles. The lowest BCUT2D eigenvalue weighted by Gasteiger charge is -2.15. The Labute approximate surface area is 190 Å². The number of amides is 1. The zero-order chi connectivity index (χ0) is 23.3. The largest absolute Gasteiger partial charge is 0.480 e. The van der Waals surface area contributed by atoms with Crippen LogP contribution in [0.1, 0.15) is 57.9 Å². The molecule has 0 aromatic heterocycles. The summed E-state index contributed by atoms with van der Waals surface area (Å²) >= 11 is 0. The van der Waals surface area contributed by atoms with E-state index in [4.69, 9.17) is 0 Å². The van der Waals surface area contributed by atoms with Gasteiger partial charge >= 0.3 is 5.97 Å². The smallest absolute Gasteiger partial charge is 0.326 e. The first kappa shape index (κ1) is 25.1. The summed E-state index contributed by atoms with van der Waals surface area (Å²) in [4.78, 5) is 35.3. The number of Topliss-reactive ketones (excluding diaryl/α,β-unsaturated/α-hetero) is 1. The average molecular weight is 439 g/mol. The number of ketones is 1. The van der Waals surface area contributed by atoms with Gasteiger partial charge in [0.25, 0.3) is 0 Å². The van der Waals surface area contributed by atoms with Gasteiger partial charge in [0.2, 0.25) is 5.91 Å². The highest BCUT2D eigenvalue weighted by molar-refractivity contribution is 5.84. The van der Waals surface area contributed by atoms with Crippen LogP contribution in [0.2, 0.25) is 0 Å². The molecular weight excluding hydrogens is 404 g/mol. The molecule has 0 saturated carbocycles. The third-order valence-electron chi connectivity index (χ3n) is 5.25. The number of hydrogen-bond acceptors (Lipinski definition) is 4. The zero-order valence-corrected chi connectivity index (χ0v) is 19.0. The Morgan fingerprint density at radius 3 is 2.31 bits per heavy atom. The summed E-state index contributed by atoms with van der Waals surface area (Å²) < 4.78 is 0. The van der Waals surface area contributed by atoms with Crippen molar-refractivity contribution < 1.29 is 19.5 Å². The molecule has 32 heavy (non-hydrogen) atoms. The first-order valence-corrected chi connectivity index (χ1v) is 11.4. The van der Waals surface area contributed by atoms with Crippen LogP contribution in [0.15, 0.2) is 48.5 Å². The molecule has 3 N–H and O–H groups in total. The number of nitrogens with one attached hydrogen (secondary N) is 2. The lowest BCUT2D eigenvalue weighted by atomic mass is 10.00. The quantitative estimate of drug-likeness (QED) is 0.367. The van der Waals surface area contributed by atoms with Crippen LogP contribution in [0.3, 0.4) is 0 Å². The Kier molecular flexibility index (Phi) is 10.4. The van der Waals surface area contributed by atoms with Gasteiger partial charge in [-0.1, -0.05) is 63.1 Å². The number of aliphatic carboxylic acids is 1. The number of carbonyl (C=O) groups is 3. The van der Waals surface area contributed by atoms with Crippen molar-refractivity contribution in [3.8, 4) is 11.1 Å². The van der Waals surface area contributed by atoms with Crippen molar-refractivity contribution in [2.45, 2.75) is 64.8 Å². The number of anilines is 1. The first-order chi connectivity index (χ1) is 15.4. The molecule has 0 bridgehead atoms. The molecule has 172 valence electrons. The minimum Gasteiger partial charge on any atom is -0.480 e. The summed E-state index contributed by atoms with van der Waals surface area (Å²) in [5.41, 5.74) is 3.73. The summed E-state index contributed by atoms with van der Waals surface area (Å²) in [6, 6.07) is 14.6. The van der Waals surface area contributed by atoms with E-state index < -0.39 is 12.0 Å². The third-order valence-corrected chi connectivity index (χ3v) is 5.25. The molecule has 1 atom stereocenters. The number of benzene rings is 2. The highest BCUT2D eigenvalue weighted by Crippen LogP contribution is 2.23. The Morgan fingerprint density at radius 2 is 1.66 bits per heavy atom. The molecule has 0 spiro atoms. The average Bonchev–Trinajstić information content (AvgIpc) is 2.78. The molecule has 0 radical (unpaired) electrons. The maximum absolute atomic E-state index is 12.0. The molecule has 2 aromatic carbocycles. The maximum Gasteiger partial charge on any atom is 0.326 e. The highest BCUT2D eigenvalue weighted by atomic mass is 16.4. The second-order valence-electron chi connectivity index (χ2n) is 8.04. The van der Waals surface area contributed by atoms with E-state index in [1.165, 1.54) is 0 Å². The van der Waals surface area contributed by atoms with Crippen LogP contribution in [-0.2, 0) is 20.8 Å². The van der Waals surface area contributed by atoms with Gasteiger partial charge in [-0.2, -0.15) is 0 Å². The van der Waals surface area contributed by atoms with E-state index in [9.17, 15) is 19.5 Å². The molecule has 0 aliphatic rings. The Balaban J connectivity index is 1.98. The summed E-state index contributed by atoms with van der Waals surface area (Å²) in [7, 11) is 0. The van der Waals surface area contributed by atoms with E-state index in [0.717, 1.165) is 41.6 Å². The van der Waals surface area contributed by atoms with Crippen molar-refractivity contribution in [3.05, 3.63) is 54.1 Å². The van der Waals surface area contributed by atoms with Gasteiger partial charge in [-0.3, -0.25) is 9.59 Å². The third kappa shape index (κ3) is 8.53. The summed E-state index contributed by atoms with van der Waals surface area (Å²) in [5, 5.41) is 15.2. The second-order valence-corrected chi connectivity index (χ2v) is 8.04. The lowest BCUT2D eigenvalue weighted by molar-refractivity contribution is -0.141. The van der Waals surface area contributed by atoms with Gasteiger partial charge in [0.1, 0.15) is 6.04 Å². The summed E-state index contributed by atoms with van der Waals surface area (Å²) in [5.74, 6) is -1.07. The van der Waals surface area contributed by atoms with E-state index in [0.29, 0.717) is 25.8 Å². The van der Waals surface area contributed by atoms with E-state index in [-0.39, 0.29) is 18.1 Å². The van der Waals surface area contributed by atoms with Crippen LogP contribution in [0.4, 0.5) is 5.69 Å². The monoisotopic (exact) mass is 438 g/mol. The lowest BCUT2D eigenvalue weighted by Crippen LogP contribution is -2.42. The first-order valence-electron chi connectivity index (χ1n) is 11.4. The van der Waals surface area contributed by atoms with Gasteiger partial charge in [0.15, 0.2) is 5.78 Å². The van der Waals surface area contributed by atoms with Gasteiger partial charge < -0.3 is 15.7 Å². The fourth-order valence-corrected chi connectivity index (χ4v) is 3.43. The van der Waals surface area contributed by atoms with E-state index in [1.54, 1.807) is 0 Å². The number of carbonyl (C=O) groups excluding carboxylic acids is 2. The minimum atomic E-state index is -1.04. The number of carboxylic acid groups (broad SMARTS) is 1. The van der Waals surface area contributed by atoms with Crippen LogP contribution in [0.25, 0.3) is 11.1 Å². The van der Waals surface area contributed by atoms with Crippen molar-refractivity contribution in [1.82, 2.24) is 5.32 Å². The Bertz CT molecular complexity index is 893. The van der Waals surface area contributed by atoms with E-state index in [2.05, 4.69) is 17.6 Å². The van der Waals surface area contributed by atoms with Gasteiger partial charge in [-0.05, 0) is 41.7 Å².